The minimum Gasteiger partial charge on any atom is -0.294 e. The topological polar surface area (TPSA) is 17.1 Å². The van der Waals surface area contributed by atoms with Crippen molar-refractivity contribution < 1.29 is 4.79 Å². The van der Waals surface area contributed by atoms with E-state index in [1.54, 1.807) is 0 Å². The van der Waals surface area contributed by atoms with E-state index in [4.69, 9.17) is 0 Å². The van der Waals surface area contributed by atoms with Gasteiger partial charge in [0.2, 0.25) is 0 Å². The average Bonchev–Trinajstić information content (AvgIpc) is 2.31. The van der Waals surface area contributed by atoms with Crippen molar-refractivity contribution >= 4 is 5.78 Å². The molecule has 0 bridgehead atoms. The van der Waals surface area contributed by atoms with E-state index in [2.05, 4.69) is 0 Å². The molecule has 0 heterocycles. The van der Waals surface area contributed by atoms with Gasteiger partial charge < -0.3 is 0 Å². The summed E-state index contributed by atoms with van der Waals surface area (Å²) < 4.78 is 0. The number of Topliss-reactive ketones (excluding diaryl/α,β-unsaturated/α-hetero) is 1. The Morgan fingerprint density at radius 3 is 2.40 bits per heavy atom. The van der Waals surface area contributed by atoms with Crippen molar-refractivity contribution in [3.63, 3.8) is 0 Å². The first-order chi connectivity index (χ1) is 7.36. The van der Waals surface area contributed by atoms with Crippen LogP contribution >= 0.6 is 0 Å². The van der Waals surface area contributed by atoms with Gasteiger partial charge in [-0.25, -0.2) is 0 Å². The fourth-order valence-electron chi connectivity index (χ4n) is 2.40. The van der Waals surface area contributed by atoms with Gasteiger partial charge in [0.25, 0.3) is 0 Å². The second-order valence-electron chi connectivity index (χ2n) is 4.50. The average molecular weight is 202 g/mol. The number of carbonyl (C=O) groups excluding carboxylic acids is 1. The molecule has 1 aromatic rings. The van der Waals surface area contributed by atoms with Gasteiger partial charge >= 0.3 is 0 Å². The van der Waals surface area contributed by atoms with Crippen LogP contribution in [0.25, 0.3) is 0 Å². The Bertz CT molecular complexity index is 309. The molecule has 0 spiro atoms. The lowest BCUT2D eigenvalue weighted by atomic mass is 9.85. The molecule has 0 amide bonds. The highest BCUT2D eigenvalue weighted by Gasteiger charge is 2.17. The molecule has 0 aliphatic heterocycles. The number of hydrogen-bond donors (Lipinski definition) is 0. The van der Waals surface area contributed by atoms with Gasteiger partial charge in [0, 0.05) is 12.0 Å². The van der Waals surface area contributed by atoms with Crippen molar-refractivity contribution in [3.05, 3.63) is 35.9 Å². The summed E-state index contributed by atoms with van der Waals surface area (Å²) in [4.78, 5) is 11.9. The van der Waals surface area contributed by atoms with Gasteiger partial charge in [0.15, 0.2) is 5.78 Å². The van der Waals surface area contributed by atoms with E-state index in [-0.39, 0.29) is 0 Å². The summed E-state index contributed by atoms with van der Waals surface area (Å²) in [7, 11) is 0. The van der Waals surface area contributed by atoms with Crippen molar-refractivity contribution in [2.24, 2.45) is 5.92 Å². The van der Waals surface area contributed by atoms with Crippen molar-refractivity contribution in [2.75, 3.05) is 0 Å². The maximum Gasteiger partial charge on any atom is 0.163 e. The van der Waals surface area contributed by atoms with Crippen LogP contribution in [0.5, 0.6) is 0 Å². The van der Waals surface area contributed by atoms with Gasteiger partial charge in [0.05, 0.1) is 0 Å². The van der Waals surface area contributed by atoms with Crippen molar-refractivity contribution in [2.45, 2.75) is 38.5 Å². The fraction of sp³-hybridized carbons (Fsp3) is 0.500. The first-order valence-electron chi connectivity index (χ1n) is 5.94. The predicted molar refractivity (Wildman–Crippen MR) is 62.0 cm³/mol. The molecule has 2 rings (SSSR count). The summed E-state index contributed by atoms with van der Waals surface area (Å²) in [6.45, 7) is 0. The molecule has 0 saturated heterocycles. The van der Waals surface area contributed by atoms with Crippen LogP contribution in [0, 0.1) is 5.92 Å². The molecular weight excluding hydrogens is 184 g/mol. The number of benzene rings is 1. The van der Waals surface area contributed by atoms with Gasteiger partial charge in [-0.3, -0.25) is 4.79 Å². The molecule has 15 heavy (non-hydrogen) atoms. The highest BCUT2D eigenvalue weighted by atomic mass is 16.1. The Morgan fingerprint density at radius 2 is 1.73 bits per heavy atom. The molecule has 1 nitrogen and oxygen atoms in total. The van der Waals surface area contributed by atoms with E-state index in [0.29, 0.717) is 11.7 Å². The maximum atomic E-state index is 11.9. The largest absolute Gasteiger partial charge is 0.294 e. The van der Waals surface area contributed by atoms with Crippen molar-refractivity contribution in [3.8, 4) is 0 Å². The van der Waals surface area contributed by atoms with Gasteiger partial charge in [0.1, 0.15) is 0 Å². The summed E-state index contributed by atoms with van der Waals surface area (Å²) in [6, 6.07) is 9.68. The van der Waals surface area contributed by atoms with Crippen LogP contribution in [-0.2, 0) is 0 Å². The van der Waals surface area contributed by atoms with E-state index >= 15 is 0 Å². The quantitative estimate of drug-likeness (QED) is 0.680. The van der Waals surface area contributed by atoms with E-state index in [0.717, 1.165) is 12.0 Å². The van der Waals surface area contributed by atoms with Crippen molar-refractivity contribution in [1.29, 1.82) is 0 Å². The molecule has 1 fully saturated rings. The lowest BCUT2D eigenvalue weighted by molar-refractivity contribution is 0.0950. The van der Waals surface area contributed by atoms with Gasteiger partial charge in [-0.05, 0) is 5.92 Å². The van der Waals surface area contributed by atoms with Gasteiger partial charge in [-0.1, -0.05) is 62.4 Å². The summed E-state index contributed by atoms with van der Waals surface area (Å²) in [5, 5.41) is 0. The Morgan fingerprint density at radius 1 is 1.07 bits per heavy atom. The number of ketones is 1. The summed E-state index contributed by atoms with van der Waals surface area (Å²) in [5.41, 5.74) is 0.878. The standard InChI is InChI=1S/C14H18O/c15-14(13-9-5-2-6-10-13)11-12-7-3-1-4-8-12/h2,5-6,9-10,12H,1,3-4,7-8,11H2. The lowest BCUT2D eigenvalue weighted by Gasteiger charge is -2.20. The summed E-state index contributed by atoms with van der Waals surface area (Å²) in [6.07, 6.45) is 7.23. The van der Waals surface area contributed by atoms with E-state index in [1.807, 2.05) is 30.3 Å². The third-order valence-corrected chi connectivity index (χ3v) is 3.29. The Balaban J connectivity index is 1.91. The van der Waals surface area contributed by atoms with E-state index in [1.165, 1.54) is 32.1 Å². The Kier molecular flexibility index (Phi) is 3.54. The fourth-order valence-corrected chi connectivity index (χ4v) is 2.40. The zero-order chi connectivity index (χ0) is 10.5. The minimum absolute atomic E-state index is 0.322. The van der Waals surface area contributed by atoms with Crippen LogP contribution in [0.3, 0.4) is 0 Å². The third kappa shape index (κ3) is 2.92. The minimum atomic E-state index is 0.322. The number of hydrogen-bond acceptors (Lipinski definition) is 1. The number of carbonyl (C=O) groups is 1. The van der Waals surface area contributed by atoms with Crippen molar-refractivity contribution in [1.82, 2.24) is 0 Å². The normalized spacial score (nSPS) is 17.6. The molecule has 0 unspecified atom stereocenters. The second-order valence-corrected chi connectivity index (χ2v) is 4.50. The van der Waals surface area contributed by atoms with Crippen LogP contribution in [0.2, 0.25) is 0 Å². The monoisotopic (exact) mass is 202 g/mol. The van der Waals surface area contributed by atoms with Crippen LogP contribution < -0.4 is 0 Å². The highest BCUT2D eigenvalue weighted by Crippen LogP contribution is 2.27. The number of rotatable bonds is 3. The highest BCUT2D eigenvalue weighted by molar-refractivity contribution is 5.96. The van der Waals surface area contributed by atoms with Crippen LogP contribution in [0.15, 0.2) is 30.3 Å². The molecule has 80 valence electrons. The van der Waals surface area contributed by atoms with Crippen LogP contribution in [0.4, 0.5) is 0 Å². The molecule has 1 aliphatic carbocycles. The zero-order valence-electron chi connectivity index (χ0n) is 9.11. The molecule has 0 atom stereocenters. The van der Waals surface area contributed by atoms with Gasteiger partial charge in [-0.2, -0.15) is 0 Å². The Labute approximate surface area is 91.5 Å². The zero-order valence-corrected chi connectivity index (χ0v) is 9.11. The smallest absolute Gasteiger partial charge is 0.163 e. The third-order valence-electron chi connectivity index (χ3n) is 3.29. The van der Waals surface area contributed by atoms with Crippen LogP contribution in [0.1, 0.15) is 48.9 Å². The molecule has 1 aliphatic rings. The first kappa shape index (κ1) is 10.4. The summed E-state index contributed by atoms with van der Waals surface area (Å²) >= 11 is 0. The molecule has 1 aromatic carbocycles. The Hall–Kier alpha value is -1.11. The second kappa shape index (κ2) is 5.11. The molecular formula is C14H18O. The predicted octanol–water partition coefficient (Wildman–Crippen LogP) is 3.84. The van der Waals surface area contributed by atoms with E-state index < -0.39 is 0 Å². The van der Waals surface area contributed by atoms with E-state index in [9.17, 15) is 4.79 Å². The maximum absolute atomic E-state index is 11.9. The SMILES string of the molecule is O=C(CC1CCCCC1)c1ccccc1. The molecule has 1 heteroatoms. The van der Waals surface area contributed by atoms with Gasteiger partial charge in [-0.15, -0.1) is 0 Å². The lowest BCUT2D eigenvalue weighted by Crippen LogP contribution is -2.12. The molecule has 0 aromatic heterocycles. The first-order valence-corrected chi connectivity index (χ1v) is 5.94. The van der Waals surface area contributed by atoms with Crippen LogP contribution in [-0.4, -0.2) is 5.78 Å². The molecule has 1 saturated carbocycles. The molecule has 0 radical (unpaired) electrons. The molecule has 0 N–H and O–H groups in total. The summed E-state index contributed by atoms with van der Waals surface area (Å²) in [5.74, 6) is 0.967.